The molecule has 2 atom stereocenters. The van der Waals surface area contributed by atoms with Crippen LogP contribution >= 0.6 is 0 Å². The first-order valence-corrected chi connectivity index (χ1v) is 3.96. The predicted molar refractivity (Wildman–Crippen MR) is 42.6 cm³/mol. The van der Waals surface area contributed by atoms with Crippen molar-refractivity contribution in [3.63, 3.8) is 0 Å². The fraction of sp³-hybridized carbons (Fsp3) is 0.875. The third kappa shape index (κ3) is 2.10. The van der Waals surface area contributed by atoms with Crippen molar-refractivity contribution >= 4 is 6.21 Å². The van der Waals surface area contributed by atoms with E-state index in [0.717, 1.165) is 19.4 Å². The summed E-state index contributed by atoms with van der Waals surface area (Å²) in [7, 11) is 0. The normalized spacial score (nSPS) is 33.8. The summed E-state index contributed by atoms with van der Waals surface area (Å²) in [6, 6.07) is 0. The van der Waals surface area contributed by atoms with Crippen LogP contribution in [0.25, 0.3) is 0 Å². The number of hydrogen-bond acceptors (Lipinski definition) is 2. The van der Waals surface area contributed by atoms with Gasteiger partial charge in [-0.2, -0.15) is 0 Å². The molecule has 1 heterocycles. The molecule has 0 radical (unpaired) electrons. The molecule has 0 saturated carbocycles. The SMILES string of the molecule is CCC1CN=CCC(C)O1. The van der Waals surface area contributed by atoms with Crippen LogP contribution in [0, 0.1) is 0 Å². The first-order valence-electron chi connectivity index (χ1n) is 3.96. The van der Waals surface area contributed by atoms with Crippen LogP contribution in [-0.2, 0) is 4.74 Å². The highest BCUT2D eigenvalue weighted by molar-refractivity contribution is 5.58. The first kappa shape index (κ1) is 7.73. The van der Waals surface area contributed by atoms with Gasteiger partial charge in [-0.05, 0) is 13.3 Å². The van der Waals surface area contributed by atoms with Gasteiger partial charge in [0.05, 0.1) is 18.8 Å². The fourth-order valence-electron chi connectivity index (χ4n) is 1.07. The van der Waals surface area contributed by atoms with Gasteiger partial charge in [0.15, 0.2) is 0 Å². The molecule has 2 heteroatoms. The van der Waals surface area contributed by atoms with Crippen LogP contribution < -0.4 is 0 Å². The molecule has 0 aromatic carbocycles. The molecule has 1 aliphatic heterocycles. The highest BCUT2D eigenvalue weighted by Gasteiger charge is 2.12. The van der Waals surface area contributed by atoms with E-state index in [1.807, 2.05) is 6.21 Å². The molecule has 0 saturated heterocycles. The van der Waals surface area contributed by atoms with E-state index in [1.54, 1.807) is 0 Å². The van der Waals surface area contributed by atoms with Gasteiger partial charge in [-0.15, -0.1) is 0 Å². The van der Waals surface area contributed by atoms with Crippen molar-refractivity contribution in [1.82, 2.24) is 0 Å². The Balaban J connectivity index is 2.40. The third-order valence-electron chi connectivity index (χ3n) is 1.76. The van der Waals surface area contributed by atoms with Crippen LogP contribution in [0.5, 0.6) is 0 Å². The second kappa shape index (κ2) is 3.71. The van der Waals surface area contributed by atoms with Crippen molar-refractivity contribution in [1.29, 1.82) is 0 Å². The Morgan fingerprint density at radius 1 is 1.70 bits per heavy atom. The number of rotatable bonds is 1. The molecule has 0 amide bonds. The summed E-state index contributed by atoms with van der Waals surface area (Å²) in [5.41, 5.74) is 0. The van der Waals surface area contributed by atoms with Crippen molar-refractivity contribution in [3.8, 4) is 0 Å². The maximum Gasteiger partial charge on any atom is 0.0771 e. The fourth-order valence-corrected chi connectivity index (χ4v) is 1.07. The molecule has 10 heavy (non-hydrogen) atoms. The van der Waals surface area contributed by atoms with Crippen LogP contribution in [0.3, 0.4) is 0 Å². The molecular weight excluding hydrogens is 126 g/mol. The molecule has 2 unspecified atom stereocenters. The number of hydrogen-bond donors (Lipinski definition) is 0. The van der Waals surface area contributed by atoms with E-state index in [1.165, 1.54) is 0 Å². The molecule has 0 aliphatic carbocycles. The van der Waals surface area contributed by atoms with Crippen LogP contribution in [0.2, 0.25) is 0 Å². The molecule has 0 fully saturated rings. The van der Waals surface area contributed by atoms with Gasteiger partial charge >= 0.3 is 0 Å². The Morgan fingerprint density at radius 3 is 3.20 bits per heavy atom. The summed E-state index contributed by atoms with van der Waals surface area (Å²) < 4.78 is 5.64. The number of aliphatic imine (C=N–C) groups is 1. The van der Waals surface area contributed by atoms with E-state index in [-0.39, 0.29) is 0 Å². The van der Waals surface area contributed by atoms with Crippen molar-refractivity contribution < 1.29 is 4.74 Å². The molecule has 1 rings (SSSR count). The van der Waals surface area contributed by atoms with E-state index in [4.69, 9.17) is 4.74 Å². The smallest absolute Gasteiger partial charge is 0.0771 e. The molecule has 58 valence electrons. The average molecular weight is 141 g/mol. The summed E-state index contributed by atoms with van der Waals surface area (Å²) in [6.07, 6.45) is 4.73. The molecule has 0 N–H and O–H groups in total. The quantitative estimate of drug-likeness (QED) is 0.544. The Labute approximate surface area is 62.3 Å². The summed E-state index contributed by atoms with van der Waals surface area (Å²) >= 11 is 0. The first-order chi connectivity index (χ1) is 4.83. The molecular formula is C8H15NO. The Hall–Kier alpha value is -0.370. The van der Waals surface area contributed by atoms with Gasteiger partial charge in [-0.1, -0.05) is 6.92 Å². The lowest BCUT2D eigenvalue weighted by molar-refractivity contribution is 0.00984. The van der Waals surface area contributed by atoms with Gasteiger partial charge in [-0.25, -0.2) is 0 Å². The van der Waals surface area contributed by atoms with Crippen LogP contribution in [0.4, 0.5) is 0 Å². The Bertz CT molecular complexity index is 122. The number of ether oxygens (including phenoxy) is 1. The van der Waals surface area contributed by atoms with Gasteiger partial charge < -0.3 is 4.74 Å². The highest BCUT2D eigenvalue weighted by Crippen LogP contribution is 2.08. The molecule has 0 aromatic rings. The van der Waals surface area contributed by atoms with Gasteiger partial charge in [-0.3, -0.25) is 4.99 Å². The summed E-state index contributed by atoms with van der Waals surface area (Å²) in [6.45, 7) is 5.08. The number of nitrogens with zero attached hydrogens (tertiary/aromatic N) is 1. The minimum atomic E-state index is 0.355. The molecule has 0 spiro atoms. The van der Waals surface area contributed by atoms with E-state index in [2.05, 4.69) is 18.8 Å². The standard InChI is InChI=1S/C8H15NO/c1-3-8-6-9-5-4-7(2)10-8/h5,7-8H,3-4,6H2,1-2H3. The second-order valence-corrected chi connectivity index (χ2v) is 2.76. The van der Waals surface area contributed by atoms with Gasteiger partial charge in [0, 0.05) is 12.6 Å². The van der Waals surface area contributed by atoms with E-state index >= 15 is 0 Å². The zero-order valence-electron chi connectivity index (χ0n) is 6.71. The van der Waals surface area contributed by atoms with Gasteiger partial charge in [0.2, 0.25) is 0 Å². The molecule has 2 nitrogen and oxygen atoms in total. The van der Waals surface area contributed by atoms with Gasteiger partial charge in [0.1, 0.15) is 0 Å². The lowest BCUT2D eigenvalue weighted by Crippen LogP contribution is -2.19. The van der Waals surface area contributed by atoms with Crippen molar-refractivity contribution in [2.45, 2.75) is 38.9 Å². The lowest BCUT2D eigenvalue weighted by Gasteiger charge is -2.15. The summed E-state index contributed by atoms with van der Waals surface area (Å²) in [5, 5.41) is 0. The van der Waals surface area contributed by atoms with Gasteiger partial charge in [0.25, 0.3) is 0 Å². The van der Waals surface area contributed by atoms with Crippen LogP contribution in [-0.4, -0.2) is 25.0 Å². The van der Waals surface area contributed by atoms with E-state index < -0.39 is 0 Å². The molecule has 1 aliphatic rings. The molecule has 0 bridgehead atoms. The summed E-state index contributed by atoms with van der Waals surface area (Å²) in [4.78, 5) is 4.22. The van der Waals surface area contributed by atoms with E-state index in [0.29, 0.717) is 12.2 Å². The Morgan fingerprint density at radius 2 is 2.50 bits per heavy atom. The topological polar surface area (TPSA) is 21.6 Å². The monoisotopic (exact) mass is 141 g/mol. The van der Waals surface area contributed by atoms with Crippen molar-refractivity contribution in [3.05, 3.63) is 0 Å². The average Bonchev–Trinajstić information content (AvgIpc) is 2.13. The highest BCUT2D eigenvalue weighted by atomic mass is 16.5. The minimum absolute atomic E-state index is 0.355. The van der Waals surface area contributed by atoms with Crippen molar-refractivity contribution in [2.75, 3.05) is 6.54 Å². The van der Waals surface area contributed by atoms with E-state index in [9.17, 15) is 0 Å². The summed E-state index contributed by atoms with van der Waals surface area (Å²) in [5.74, 6) is 0. The Kier molecular flexibility index (Phi) is 2.87. The maximum absolute atomic E-state index is 5.64. The van der Waals surface area contributed by atoms with Crippen molar-refractivity contribution in [2.24, 2.45) is 4.99 Å². The zero-order chi connectivity index (χ0) is 7.40. The lowest BCUT2D eigenvalue weighted by atomic mass is 10.2. The maximum atomic E-state index is 5.64. The second-order valence-electron chi connectivity index (χ2n) is 2.76. The third-order valence-corrected chi connectivity index (χ3v) is 1.76. The largest absolute Gasteiger partial charge is 0.373 e. The zero-order valence-corrected chi connectivity index (χ0v) is 6.71. The van der Waals surface area contributed by atoms with Crippen LogP contribution in [0.1, 0.15) is 26.7 Å². The molecule has 0 aromatic heterocycles. The predicted octanol–water partition coefficient (Wildman–Crippen LogP) is 1.64. The van der Waals surface area contributed by atoms with Crippen LogP contribution in [0.15, 0.2) is 4.99 Å². The minimum Gasteiger partial charge on any atom is -0.373 e.